The third-order valence-electron chi connectivity index (χ3n) is 3.76. The van der Waals surface area contributed by atoms with Crippen molar-refractivity contribution in [3.63, 3.8) is 0 Å². The van der Waals surface area contributed by atoms with Crippen molar-refractivity contribution >= 4 is 16.9 Å². The molecule has 0 bridgehead atoms. The Morgan fingerprint density at radius 3 is 2.92 bits per heavy atom. The number of fused-ring (bicyclic) bond motifs is 1. The van der Waals surface area contributed by atoms with Crippen molar-refractivity contribution in [2.24, 2.45) is 0 Å². The lowest BCUT2D eigenvalue weighted by molar-refractivity contribution is -0.118. The van der Waals surface area contributed by atoms with Crippen LogP contribution in [-0.2, 0) is 17.9 Å². The number of rotatable bonds is 5. The van der Waals surface area contributed by atoms with E-state index in [1.807, 2.05) is 31.2 Å². The maximum atomic E-state index is 12.6. The van der Waals surface area contributed by atoms with Crippen LogP contribution in [0.25, 0.3) is 11.0 Å². The molecule has 2 heterocycles. The van der Waals surface area contributed by atoms with Crippen molar-refractivity contribution in [3.8, 4) is 0 Å². The number of carbonyl (C=O) groups is 1. The Balaban J connectivity index is 1.86. The molecular weight excluding hydrogens is 306 g/mol. The summed E-state index contributed by atoms with van der Waals surface area (Å²) in [6.07, 6.45) is 3.08. The smallest absolute Gasteiger partial charge is 0.264 e. The van der Waals surface area contributed by atoms with Crippen molar-refractivity contribution in [2.75, 3.05) is 6.54 Å². The van der Waals surface area contributed by atoms with E-state index in [0.717, 1.165) is 11.1 Å². The lowest BCUT2D eigenvalue weighted by atomic mass is 10.1. The van der Waals surface area contributed by atoms with Crippen molar-refractivity contribution in [3.05, 3.63) is 58.3 Å². The molecule has 0 aliphatic rings. The first-order valence-electron chi connectivity index (χ1n) is 7.75. The van der Waals surface area contributed by atoms with Crippen LogP contribution in [0.15, 0.2) is 41.6 Å². The van der Waals surface area contributed by atoms with Gasteiger partial charge in [0.1, 0.15) is 11.7 Å². The Bertz CT molecular complexity index is 942. The highest BCUT2D eigenvalue weighted by Gasteiger charge is 2.10. The second-order valence-electron chi connectivity index (χ2n) is 5.75. The molecule has 124 valence electrons. The van der Waals surface area contributed by atoms with Crippen LogP contribution < -0.4 is 10.9 Å². The zero-order valence-electron chi connectivity index (χ0n) is 13.7. The topological polar surface area (TPSA) is 81.8 Å². The largest absolute Gasteiger partial charge is 0.354 e. The quantitative estimate of drug-likeness (QED) is 0.761. The zero-order valence-corrected chi connectivity index (χ0v) is 13.7. The number of aromatic nitrogens is 4. The minimum absolute atomic E-state index is 0.0973. The molecule has 7 nitrogen and oxygen atoms in total. The van der Waals surface area contributed by atoms with Crippen LogP contribution in [0.2, 0.25) is 0 Å². The number of nitrogens with zero attached hydrogens (tertiary/aromatic N) is 4. The average Bonchev–Trinajstić information content (AvgIpc) is 2.94. The number of nitrogens with one attached hydrogen (secondary N) is 1. The number of amides is 1. The van der Waals surface area contributed by atoms with Crippen LogP contribution in [-0.4, -0.2) is 31.8 Å². The van der Waals surface area contributed by atoms with Gasteiger partial charge in [0.15, 0.2) is 5.65 Å². The number of hydrogen-bond acceptors (Lipinski definition) is 4. The van der Waals surface area contributed by atoms with E-state index >= 15 is 0 Å². The Kier molecular flexibility index (Phi) is 4.41. The molecule has 1 amide bonds. The van der Waals surface area contributed by atoms with Gasteiger partial charge in [0.25, 0.3) is 5.56 Å². The molecule has 24 heavy (non-hydrogen) atoms. The third kappa shape index (κ3) is 3.34. The molecule has 0 spiro atoms. The highest BCUT2D eigenvalue weighted by molar-refractivity contribution is 5.73. The summed E-state index contributed by atoms with van der Waals surface area (Å²) in [7, 11) is 0. The van der Waals surface area contributed by atoms with E-state index in [1.54, 1.807) is 15.6 Å². The van der Waals surface area contributed by atoms with Gasteiger partial charge in [0.2, 0.25) is 5.91 Å². The average molecular weight is 325 g/mol. The van der Waals surface area contributed by atoms with Gasteiger partial charge in [0, 0.05) is 13.5 Å². The predicted octanol–water partition coefficient (Wildman–Crippen LogP) is 1.09. The fraction of sp³-hybridized carbons (Fsp3) is 0.294. The molecule has 0 unspecified atom stereocenters. The minimum Gasteiger partial charge on any atom is -0.354 e. The first-order chi connectivity index (χ1) is 11.5. The van der Waals surface area contributed by atoms with Crippen molar-refractivity contribution in [2.45, 2.75) is 26.9 Å². The predicted molar refractivity (Wildman–Crippen MR) is 90.8 cm³/mol. The van der Waals surface area contributed by atoms with Gasteiger partial charge >= 0.3 is 0 Å². The highest BCUT2D eigenvalue weighted by Crippen LogP contribution is 2.08. The van der Waals surface area contributed by atoms with Gasteiger partial charge < -0.3 is 5.32 Å². The lowest BCUT2D eigenvalue weighted by Gasteiger charge is -2.07. The van der Waals surface area contributed by atoms with E-state index in [-0.39, 0.29) is 11.5 Å². The van der Waals surface area contributed by atoms with Crippen molar-refractivity contribution in [1.82, 2.24) is 24.6 Å². The maximum absolute atomic E-state index is 12.6. The first kappa shape index (κ1) is 15.9. The Labute approximate surface area is 138 Å². The van der Waals surface area contributed by atoms with E-state index in [9.17, 15) is 9.59 Å². The van der Waals surface area contributed by atoms with E-state index in [1.165, 1.54) is 13.1 Å². The van der Waals surface area contributed by atoms with Crippen LogP contribution in [0.3, 0.4) is 0 Å². The highest BCUT2D eigenvalue weighted by atomic mass is 16.1. The molecule has 7 heteroatoms. The summed E-state index contributed by atoms with van der Waals surface area (Å²) >= 11 is 0. The summed E-state index contributed by atoms with van der Waals surface area (Å²) in [5.41, 5.74) is 2.62. The van der Waals surface area contributed by atoms with Crippen LogP contribution in [0.4, 0.5) is 0 Å². The van der Waals surface area contributed by atoms with Crippen LogP contribution in [0.1, 0.15) is 18.1 Å². The monoisotopic (exact) mass is 325 g/mol. The van der Waals surface area contributed by atoms with E-state index < -0.39 is 0 Å². The minimum atomic E-state index is -0.118. The van der Waals surface area contributed by atoms with Crippen molar-refractivity contribution < 1.29 is 4.79 Å². The van der Waals surface area contributed by atoms with Crippen molar-refractivity contribution in [1.29, 1.82) is 0 Å². The summed E-state index contributed by atoms with van der Waals surface area (Å²) in [5, 5.41) is 7.39. The fourth-order valence-electron chi connectivity index (χ4n) is 2.62. The van der Waals surface area contributed by atoms with E-state index in [2.05, 4.69) is 15.4 Å². The zero-order chi connectivity index (χ0) is 17.1. The fourth-order valence-corrected chi connectivity index (χ4v) is 2.62. The number of aryl methyl sites for hydroxylation is 1. The molecule has 0 saturated carbocycles. The number of hydrogen-bond donors (Lipinski definition) is 1. The van der Waals surface area contributed by atoms with Crippen LogP contribution >= 0.6 is 0 Å². The van der Waals surface area contributed by atoms with E-state index in [0.29, 0.717) is 30.7 Å². The van der Waals surface area contributed by atoms with Gasteiger partial charge in [-0.25, -0.2) is 9.67 Å². The molecule has 2 aromatic heterocycles. The summed E-state index contributed by atoms with van der Waals surface area (Å²) in [5.74, 6) is -0.0973. The second kappa shape index (κ2) is 6.66. The normalized spacial score (nSPS) is 10.9. The standard InChI is InChI=1S/C17H19N5O2/c1-12-4-3-5-14(8-12)10-21-11-19-16-15(17(21)24)9-20-22(16)7-6-18-13(2)23/h3-5,8-9,11H,6-7,10H2,1-2H3,(H,18,23). The second-order valence-corrected chi connectivity index (χ2v) is 5.75. The molecular formula is C17H19N5O2. The molecule has 1 aromatic carbocycles. The van der Waals surface area contributed by atoms with Gasteiger partial charge in [-0.2, -0.15) is 5.10 Å². The third-order valence-corrected chi connectivity index (χ3v) is 3.76. The van der Waals surface area contributed by atoms with Crippen LogP contribution in [0.5, 0.6) is 0 Å². The SMILES string of the molecule is CC(=O)NCCn1ncc2c(=O)n(Cc3cccc(C)c3)cnc21. The van der Waals surface area contributed by atoms with Gasteiger partial charge in [-0.15, -0.1) is 0 Å². The Morgan fingerprint density at radius 1 is 1.33 bits per heavy atom. The number of benzene rings is 1. The molecule has 1 N–H and O–H groups in total. The van der Waals surface area contributed by atoms with Gasteiger partial charge in [-0.05, 0) is 12.5 Å². The lowest BCUT2D eigenvalue weighted by Crippen LogP contribution is -2.25. The molecule has 0 atom stereocenters. The molecule has 0 aliphatic heterocycles. The molecule has 3 aromatic rings. The molecule has 0 saturated heterocycles. The Hall–Kier alpha value is -2.96. The van der Waals surface area contributed by atoms with Gasteiger partial charge in [-0.3, -0.25) is 14.2 Å². The molecule has 0 radical (unpaired) electrons. The molecule has 3 rings (SSSR count). The summed E-state index contributed by atoms with van der Waals surface area (Å²) in [6.45, 7) is 4.87. The summed E-state index contributed by atoms with van der Waals surface area (Å²) in [6, 6.07) is 8.03. The first-order valence-corrected chi connectivity index (χ1v) is 7.75. The number of carbonyl (C=O) groups excluding carboxylic acids is 1. The summed E-state index contributed by atoms with van der Waals surface area (Å²) in [4.78, 5) is 27.9. The Morgan fingerprint density at radius 2 is 2.17 bits per heavy atom. The van der Waals surface area contributed by atoms with Gasteiger partial charge in [0.05, 0.1) is 19.3 Å². The van der Waals surface area contributed by atoms with E-state index in [4.69, 9.17) is 0 Å². The maximum Gasteiger partial charge on any atom is 0.264 e. The summed E-state index contributed by atoms with van der Waals surface area (Å²) < 4.78 is 3.21. The molecule has 0 fully saturated rings. The van der Waals surface area contributed by atoms with Gasteiger partial charge in [-0.1, -0.05) is 29.8 Å². The van der Waals surface area contributed by atoms with Crippen LogP contribution in [0, 0.1) is 6.92 Å². The molecule has 0 aliphatic carbocycles.